The normalized spacial score (nSPS) is 14.5. The molecule has 6 heteroatoms. The van der Waals surface area contributed by atoms with E-state index < -0.39 is 0 Å². The van der Waals surface area contributed by atoms with Crippen LogP contribution in [-0.2, 0) is 16.0 Å². The molecule has 0 atom stereocenters. The van der Waals surface area contributed by atoms with Crippen molar-refractivity contribution in [2.45, 2.75) is 31.7 Å². The lowest BCUT2D eigenvalue weighted by Gasteiger charge is -2.31. The van der Waals surface area contributed by atoms with E-state index in [1.807, 2.05) is 47.4 Å². The fourth-order valence-corrected chi connectivity index (χ4v) is 3.65. The zero-order chi connectivity index (χ0) is 22.1. The summed E-state index contributed by atoms with van der Waals surface area (Å²) in [4.78, 5) is 26.6. The molecule has 0 spiro atoms. The molecule has 164 valence electrons. The van der Waals surface area contributed by atoms with Crippen LogP contribution in [0.15, 0.2) is 54.6 Å². The highest BCUT2D eigenvalue weighted by molar-refractivity contribution is 5.92. The molecule has 0 saturated carbocycles. The Kier molecular flexibility index (Phi) is 8.10. The minimum Gasteiger partial charge on any atom is -0.497 e. The number of nitrogens with one attached hydrogen (secondary N) is 1. The monoisotopic (exact) mass is 422 g/mol. The van der Waals surface area contributed by atoms with Gasteiger partial charge in [0.15, 0.2) is 0 Å². The molecule has 3 rings (SSSR count). The first-order valence-electron chi connectivity index (χ1n) is 10.6. The summed E-state index contributed by atoms with van der Waals surface area (Å²) in [7, 11) is 3.19. The van der Waals surface area contributed by atoms with Crippen LogP contribution < -0.4 is 14.8 Å². The molecule has 1 heterocycles. The van der Waals surface area contributed by atoms with Gasteiger partial charge in [0.05, 0.1) is 14.2 Å². The number of benzene rings is 2. The number of likely N-dealkylation sites (tertiary alicyclic amines) is 1. The maximum atomic E-state index is 12.6. The van der Waals surface area contributed by atoms with Gasteiger partial charge in [0.25, 0.3) is 0 Å². The van der Waals surface area contributed by atoms with Crippen LogP contribution in [0, 0.1) is 0 Å². The molecule has 1 aliphatic heterocycles. The van der Waals surface area contributed by atoms with Crippen LogP contribution >= 0.6 is 0 Å². The Morgan fingerprint density at radius 2 is 1.68 bits per heavy atom. The average molecular weight is 423 g/mol. The summed E-state index contributed by atoms with van der Waals surface area (Å²) in [5.41, 5.74) is 2.00. The van der Waals surface area contributed by atoms with Gasteiger partial charge in [-0.3, -0.25) is 9.59 Å². The van der Waals surface area contributed by atoms with Crippen molar-refractivity contribution in [3.05, 3.63) is 65.7 Å². The highest BCUT2D eigenvalue weighted by Crippen LogP contribution is 2.23. The number of aryl methyl sites for hydroxylation is 1. The van der Waals surface area contributed by atoms with Gasteiger partial charge < -0.3 is 19.7 Å². The second kappa shape index (κ2) is 11.2. The molecule has 2 aromatic carbocycles. The molecule has 6 nitrogen and oxygen atoms in total. The summed E-state index contributed by atoms with van der Waals surface area (Å²) in [5.74, 6) is 1.39. The number of nitrogens with zero attached hydrogens (tertiary/aromatic N) is 1. The van der Waals surface area contributed by atoms with Gasteiger partial charge in [0.1, 0.15) is 11.5 Å². The molecule has 0 aromatic heterocycles. The molecule has 1 saturated heterocycles. The van der Waals surface area contributed by atoms with Crippen molar-refractivity contribution in [1.29, 1.82) is 0 Å². The van der Waals surface area contributed by atoms with Crippen molar-refractivity contribution in [3.8, 4) is 11.5 Å². The van der Waals surface area contributed by atoms with Gasteiger partial charge in [0, 0.05) is 37.7 Å². The molecular weight excluding hydrogens is 392 g/mol. The molecule has 1 fully saturated rings. The molecule has 0 unspecified atom stereocenters. The SMILES string of the molecule is COc1cc(C=CC(=O)N2CCC(NC(=O)CCc3ccccc3)CC2)cc(OC)c1. The molecule has 31 heavy (non-hydrogen) atoms. The minimum atomic E-state index is -0.0318. The predicted molar refractivity (Wildman–Crippen MR) is 121 cm³/mol. The summed E-state index contributed by atoms with van der Waals surface area (Å²) in [6.45, 7) is 1.27. The molecule has 1 N–H and O–H groups in total. The number of carbonyl (C=O) groups is 2. The number of methoxy groups -OCH3 is 2. The van der Waals surface area contributed by atoms with E-state index in [0.29, 0.717) is 31.0 Å². The first kappa shape index (κ1) is 22.4. The predicted octanol–water partition coefficient (Wildman–Crippen LogP) is 3.46. The summed E-state index contributed by atoms with van der Waals surface area (Å²) in [6, 6.07) is 15.6. The van der Waals surface area contributed by atoms with Crippen molar-refractivity contribution in [1.82, 2.24) is 10.2 Å². The zero-order valence-electron chi connectivity index (χ0n) is 18.2. The molecule has 0 bridgehead atoms. The standard InChI is InChI=1S/C25H30N2O4/c1-30-22-16-20(17-23(18-22)31-2)9-11-25(29)27-14-12-21(13-15-27)26-24(28)10-8-19-6-4-3-5-7-19/h3-7,9,11,16-18,21H,8,10,12-15H2,1-2H3,(H,26,28). The largest absolute Gasteiger partial charge is 0.497 e. The quantitative estimate of drug-likeness (QED) is 0.662. The number of rotatable bonds is 8. The van der Waals surface area contributed by atoms with Crippen LogP contribution in [0.25, 0.3) is 6.08 Å². The summed E-state index contributed by atoms with van der Waals surface area (Å²) >= 11 is 0. The first-order valence-corrected chi connectivity index (χ1v) is 10.6. The van der Waals surface area contributed by atoms with Crippen molar-refractivity contribution >= 4 is 17.9 Å². The Bertz CT molecular complexity index is 881. The van der Waals surface area contributed by atoms with Crippen LogP contribution in [-0.4, -0.2) is 50.1 Å². The van der Waals surface area contributed by atoms with Gasteiger partial charge in [0.2, 0.25) is 11.8 Å². The van der Waals surface area contributed by atoms with E-state index in [1.165, 1.54) is 5.56 Å². The third-order valence-electron chi connectivity index (χ3n) is 5.45. The van der Waals surface area contributed by atoms with E-state index >= 15 is 0 Å². The summed E-state index contributed by atoms with van der Waals surface area (Å²) in [5, 5.41) is 3.11. The van der Waals surface area contributed by atoms with E-state index in [2.05, 4.69) is 5.32 Å². The molecule has 0 radical (unpaired) electrons. The number of piperidine rings is 1. The van der Waals surface area contributed by atoms with Crippen molar-refractivity contribution < 1.29 is 19.1 Å². The van der Waals surface area contributed by atoms with Crippen molar-refractivity contribution in [2.24, 2.45) is 0 Å². The van der Waals surface area contributed by atoms with E-state index in [-0.39, 0.29) is 17.9 Å². The maximum Gasteiger partial charge on any atom is 0.246 e. The lowest BCUT2D eigenvalue weighted by Crippen LogP contribution is -2.46. The van der Waals surface area contributed by atoms with Crippen molar-refractivity contribution in [3.63, 3.8) is 0 Å². The van der Waals surface area contributed by atoms with Gasteiger partial charge in [-0.25, -0.2) is 0 Å². The topological polar surface area (TPSA) is 67.9 Å². The van der Waals surface area contributed by atoms with Crippen LogP contribution in [0.5, 0.6) is 11.5 Å². The summed E-state index contributed by atoms with van der Waals surface area (Å²) < 4.78 is 10.5. The minimum absolute atomic E-state index is 0.0318. The molecule has 2 amide bonds. The fourth-order valence-electron chi connectivity index (χ4n) is 3.65. The number of amides is 2. The average Bonchev–Trinajstić information content (AvgIpc) is 2.82. The smallest absolute Gasteiger partial charge is 0.246 e. The molecular formula is C25H30N2O4. The van der Waals surface area contributed by atoms with Crippen molar-refractivity contribution in [2.75, 3.05) is 27.3 Å². The Labute approximate surface area is 183 Å². The lowest BCUT2D eigenvalue weighted by atomic mass is 10.0. The number of hydrogen-bond acceptors (Lipinski definition) is 4. The van der Waals surface area contributed by atoms with Gasteiger partial charge in [-0.2, -0.15) is 0 Å². The molecule has 1 aliphatic rings. The third kappa shape index (κ3) is 6.88. The Morgan fingerprint density at radius 1 is 1.03 bits per heavy atom. The van der Waals surface area contributed by atoms with Crippen LogP contribution in [0.2, 0.25) is 0 Å². The number of hydrogen-bond donors (Lipinski definition) is 1. The van der Waals surface area contributed by atoms with E-state index in [0.717, 1.165) is 24.8 Å². The number of carbonyl (C=O) groups excluding carboxylic acids is 2. The Morgan fingerprint density at radius 3 is 2.29 bits per heavy atom. The fraction of sp³-hybridized carbons (Fsp3) is 0.360. The highest BCUT2D eigenvalue weighted by Gasteiger charge is 2.22. The van der Waals surface area contributed by atoms with Gasteiger partial charge in [-0.15, -0.1) is 0 Å². The highest BCUT2D eigenvalue weighted by atomic mass is 16.5. The Hall–Kier alpha value is -3.28. The lowest BCUT2D eigenvalue weighted by molar-refractivity contribution is -0.127. The first-order chi connectivity index (χ1) is 15.1. The zero-order valence-corrected chi connectivity index (χ0v) is 18.2. The summed E-state index contributed by atoms with van der Waals surface area (Å²) in [6.07, 6.45) is 6.10. The maximum absolute atomic E-state index is 12.6. The second-order valence-corrected chi connectivity index (χ2v) is 7.63. The van der Waals surface area contributed by atoms with Crippen LogP contribution in [0.1, 0.15) is 30.4 Å². The molecule has 2 aromatic rings. The van der Waals surface area contributed by atoms with Gasteiger partial charge >= 0.3 is 0 Å². The molecule has 0 aliphatic carbocycles. The Balaban J connectivity index is 1.44. The van der Waals surface area contributed by atoms with E-state index in [1.54, 1.807) is 32.4 Å². The van der Waals surface area contributed by atoms with Crippen LogP contribution in [0.3, 0.4) is 0 Å². The van der Waals surface area contributed by atoms with E-state index in [9.17, 15) is 9.59 Å². The van der Waals surface area contributed by atoms with E-state index in [4.69, 9.17) is 9.47 Å². The number of ether oxygens (including phenoxy) is 2. The second-order valence-electron chi connectivity index (χ2n) is 7.63. The van der Waals surface area contributed by atoms with Gasteiger partial charge in [-0.05, 0) is 48.6 Å². The third-order valence-corrected chi connectivity index (χ3v) is 5.45. The van der Waals surface area contributed by atoms with Crippen LogP contribution in [0.4, 0.5) is 0 Å². The van der Waals surface area contributed by atoms with Gasteiger partial charge in [-0.1, -0.05) is 30.3 Å².